The van der Waals surface area contributed by atoms with E-state index in [-0.39, 0.29) is 16.2 Å². The molecule has 0 radical (unpaired) electrons. The molecular weight excluding hydrogens is 529 g/mol. The van der Waals surface area contributed by atoms with E-state index < -0.39 is 15.8 Å². The highest BCUT2D eigenvalue weighted by molar-refractivity contribution is 7.89. The molecule has 0 bridgehead atoms. The maximum absolute atomic E-state index is 14.0. The van der Waals surface area contributed by atoms with Crippen LogP contribution >= 0.6 is 11.6 Å². The number of nitrogens with zero attached hydrogens (tertiary/aromatic N) is 4. The maximum Gasteiger partial charge on any atom is 0.254 e. The van der Waals surface area contributed by atoms with Gasteiger partial charge in [0.25, 0.3) is 5.91 Å². The standard InChI is InChI=1S/C25H30ClFN4O3S.F2/c1-28(2)24(32)20-8-7-18(13-21(20)26)29-9-11-30(12-10-29)19-14-25(15-19)16-31(17-25)35(33,34)23-6-4-3-5-22(23)27;1-2/h3-8,13,19H,9-12,14-17H2,1-2H3;. The minimum atomic E-state index is -3.77. The summed E-state index contributed by atoms with van der Waals surface area (Å²) in [6.45, 7) is 4.53. The summed E-state index contributed by atoms with van der Waals surface area (Å²) in [4.78, 5) is 18.3. The highest BCUT2D eigenvalue weighted by Crippen LogP contribution is 2.52. The zero-order valence-electron chi connectivity index (χ0n) is 20.7. The smallest absolute Gasteiger partial charge is 0.254 e. The van der Waals surface area contributed by atoms with Crippen LogP contribution in [0.4, 0.5) is 19.2 Å². The van der Waals surface area contributed by atoms with Crippen molar-refractivity contribution >= 4 is 33.2 Å². The van der Waals surface area contributed by atoms with Crippen LogP contribution in [0.3, 0.4) is 0 Å². The van der Waals surface area contributed by atoms with Gasteiger partial charge in [0.2, 0.25) is 10.0 Å². The lowest BCUT2D eigenvalue weighted by Gasteiger charge is -2.61. The fourth-order valence-electron chi connectivity index (χ4n) is 5.58. The molecule has 2 heterocycles. The van der Waals surface area contributed by atoms with E-state index >= 15 is 0 Å². The van der Waals surface area contributed by atoms with Gasteiger partial charge in [-0.25, -0.2) is 12.8 Å². The number of amides is 1. The number of halogens is 4. The quantitative estimate of drug-likeness (QED) is 0.555. The molecule has 2 aliphatic heterocycles. The van der Waals surface area contributed by atoms with Gasteiger partial charge < -0.3 is 9.80 Å². The van der Waals surface area contributed by atoms with Crippen molar-refractivity contribution in [1.29, 1.82) is 0 Å². The minimum Gasteiger partial charge on any atom is -0.369 e. The number of piperazine rings is 1. The second-order valence-electron chi connectivity index (χ2n) is 10.2. The highest BCUT2D eigenvalue weighted by atomic mass is 35.5. The summed E-state index contributed by atoms with van der Waals surface area (Å²) in [6, 6.07) is 11.6. The second kappa shape index (κ2) is 10.8. The Bertz CT molecular complexity index is 1240. The largest absolute Gasteiger partial charge is 0.369 e. The number of sulfonamides is 1. The summed E-state index contributed by atoms with van der Waals surface area (Å²) in [6.07, 6.45) is 1.95. The summed E-state index contributed by atoms with van der Waals surface area (Å²) in [5, 5.41) is 0.462. The summed E-state index contributed by atoms with van der Waals surface area (Å²) in [5.41, 5.74) is 1.55. The monoisotopic (exact) mass is 558 g/mol. The van der Waals surface area contributed by atoms with E-state index in [0.29, 0.717) is 29.7 Å². The van der Waals surface area contributed by atoms with E-state index in [0.717, 1.165) is 44.7 Å². The Hall–Kier alpha value is -2.34. The van der Waals surface area contributed by atoms with Crippen LogP contribution in [0.25, 0.3) is 0 Å². The van der Waals surface area contributed by atoms with Crippen LogP contribution in [0, 0.1) is 11.2 Å². The van der Waals surface area contributed by atoms with E-state index in [4.69, 9.17) is 20.7 Å². The Morgan fingerprint density at radius 1 is 1.03 bits per heavy atom. The summed E-state index contributed by atoms with van der Waals surface area (Å²) < 4.78 is 57.0. The zero-order chi connectivity index (χ0) is 27.0. The molecule has 1 amide bonds. The van der Waals surface area contributed by atoms with Crippen molar-refractivity contribution < 1.29 is 26.8 Å². The van der Waals surface area contributed by atoms with Crippen molar-refractivity contribution in [3.05, 3.63) is 58.9 Å². The number of hydrogen-bond donors (Lipinski definition) is 0. The number of anilines is 1. The highest BCUT2D eigenvalue weighted by Gasteiger charge is 2.57. The average Bonchev–Trinajstić information content (AvgIpc) is 2.83. The third kappa shape index (κ3) is 5.32. The molecule has 7 nitrogen and oxygen atoms in total. The Kier molecular flexibility index (Phi) is 8.08. The van der Waals surface area contributed by atoms with Gasteiger partial charge in [-0.15, -0.1) is 0 Å². The predicted molar refractivity (Wildman–Crippen MR) is 136 cm³/mol. The molecule has 2 aromatic rings. The van der Waals surface area contributed by atoms with E-state index in [2.05, 4.69) is 9.80 Å². The third-order valence-corrected chi connectivity index (χ3v) is 9.74. The van der Waals surface area contributed by atoms with E-state index in [1.54, 1.807) is 26.2 Å². The SMILES string of the molecule is CN(C)C(=O)c1ccc(N2CCN(C3CC4(C3)CN(S(=O)(=O)c3ccccc3F)C4)CC2)cc1Cl.FF. The molecule has 2 aromatic carbocycles. The number of benzene rings is 2. The van der Waals surface area contributed by atoms with Gasteiger partial charge >= 0.3 is 0 Å². The first-order valence-corrected chi connectivity index (χ1v) is 13.8. The molecule has 5 rings (SSSR count). The second-order valence-corrected chi connectivity index (χ2v) is 12.5. The Balaban J connectivity index is 0.00000156. The first kappa shape index (κ1) is 27.7. The van der Waals surface area contributed by atoms with Crippen molar-refractivity contribution in [3.8, 4) is 0 Å². The van der Waals surface area contributed by atoms with Crippen molar-refractivity contribution in [1.82, 2.24) is 14.1 Å². The van der Waals surface area contributed by atoms with Crippen LogP contribution < -0.4 is 4.90 Å². The fourth-order valence-corrected chi connectivity index (χ4v) is 7.57. The van der Waals surface area contributed by atoms with Crippen molar-refractivity contribution in [2.24, 2.45) is 5.41 Å². The molecule has 1 saturated carbocycles. The molecular formula is C25H30ClF3N4O3S. The summed E-state index contributed by atoms with van der Waals surface area (Å²) in [5.74, 6) is -0.806. The molecule has 0 atom stereocenters. The summed E-state index contributed by atoms with van der Waals surface area (Å²) >= 11 is 6.39. The van der Waals surface area contributed by atoms with Crippen LogP contribution in [-0.2, 0) is 10.0 Å². The molecule has 37 heavy (non-hydrogen) atoms. The average molecular weight is 559 g/mol. The van der Waals surface area contributed by atoms with Crippen LogP contribution in [0.1, 0.15) is 23.2 Å². The Labute approximate surface area is 220 Å². The molecule has 1 spiro atoms. The van der Waals surface area contributed by atoms with Crippen LogP contribution in [0.5, 0.6) is 0 Å². The molecule has 0 N–H and O–H groups in total. The van der Waals surface area contributed by atoms with Gasteiger partial charge in [-0.05, 0) is 43.2 Å². The molecule has 2 saturated heterocycles. The van der Waals surface area contributed by atoms with Gasteiger partial charge in [-0.3, -0.25) is 9.69 Å². The lowest BCUT2D eigenvalue weighted by atomic mass is 9.61. The van der Waals surface area contributed by atoms with Crippen LogP contribution in [-0.4, -0.2) is 87.8 Å². The van der Waals surface area contributed by atoms with Gasteiger partial charge in [0, 0.05) is 79.7 Å². The van der Waals surface area contributed by atoms with Crippen molar-refractivity contribution in [2.75, 3.05) is 58.3 Å². The lowest BCUT2D eigenvalue weighted by Crippen LogP contribution is -2.68. The van der Waals surface area contributed by atoms with Gasteiger partial charge in [-0.1, -0.05) is 23.7 Å². The van der Waals surface area contributed by atoms with Gasteiger partial charge in [0.15, 0.2) is 0 Å². The molecule has 0 unspecified atom stereocenters. The Morgan fingerprint density at radius 2 is 1.65 bits per heavy atom. The minimum absolute atomic E-state index is 0.0302. The number of hydrogen-bond acceptors (Lipinski definition) is 5. The van der Waals surface area contributed by atoms with Crippen LogP contribution in [0.15, 0.2) is 47.4 Å². The Morgan fingerprint density at radius 3 is 2.22 bits per heavy atom. The first-order chi connectivity index (χ1) is 17.6. The summed E-state index contributed by atoms with van der Waals surface area (Å²) in [7, 11) is -0.358. The topological polar surface area (TPSA) is 64.2 Å². The zero-order valence-corrected chi connectivity index (χ0v) is 22.3. The maximum atomic E-state index is 14.0. The van der Waals surface area contributed by atoms with E-state index in [1.807, 2.05) is 12.1 Å². The molecule has 1 aliphatic carbocycles. The number of carbonyl (C=O) groups excluding carboxylic acids is 1. The number of rotatable bonds is 5. The predicted octanol–water partition coefficient (Wildman–Crippen LogP) is 4.00. The molecule has 3 fully saturated rings. The molecule has 202 valence electrons. The van der Waals surface area contributed by atoms with Crippen molar-refractivity contribution in [2.45, 2.75) is 23.8 Å². The normalized spacial score (nSPS) is 20.0. The molecule has 12 heteroatoms. The first-order valence-electron chi connectivity index (χ1n) is 12.0. The lowest BCUT2D eigenvalue weighted by molar-refractivity contribution is -0.0762. The van der Waals surface area contributed by atoms with Crippen molar-refractivity contribution in [3.63, 3.8) is 0 Å². The van der Waals surface area contributed by atoms with Crippen LogP contribution in [0.2, 0.25) is 5.02 Å². The van der Waals surface area contributed by atoms with E-state index in [9.17, 15) is 17.6 Å². The fraction of sp³-hybridized carbons (Fsp3) is 0.480. The van der Waals surface area contributed by atoms with Gasteiger partial charge in [0.05, 0.1) is 10.6 Å². The third-order valence-electron chi connectivity index (χ3n) is 7.60. The van der Waals surface area contributed by atoms with Gasteiger partial charge in [-0.2, -0.15) is 4.31 Å². The van der Waals surface area contributed by atoms with Gasteiger partial charge in [0.1, 0.15) is 10.7 Å². The van der Waals surface area contributed by atoms with E-state index in [1.165, 1.54) is 27.4 Å². The molecule has 0 aromatic heterocycles. The molecule has 3 aliphatic rings. The number of carbonyl (C=O) groups is 1.